The fraction of sp³-hybridized carbons (Fsp3) is 0. The fourth-order valence-electron chi connectivity index (χ4n) is 0.216. The Labute approximate surface area is 56.1 Å². The van der Waals surface area contributed by atoms with Crippen LogP contribution in [0.1, 0.15) is 0 Å². The van der Waals surface area contributed by atoms with Gasteiger partial charge in [0.05, 0.1) is 0 Å². The zero-order valence-corrected chi connectivity index (χ0v) is 5.11. The van der Waals surface area contributed by atoms with Gasteiger partial charge in [-0.25, -0.2) is 0 Å². The zero-order chi connectivity index (χ0) is 7.44. The molecule has 0 aliphatic heterocycles. The zero-order valence-electron chi connectivity index (χ0n) is 4.35. The quantitative estimate of drug-likeness (QED) is 0.191. The minimum atomic E-state index is -0.551. The number of nitrogens with one attached hydrogen (secondary N) is 2. The Hall–Kier alpha value is -1.10. The lowest BCUT2D eigenvalue weighted by molar-refractivity contribution is 0.321. The lowest BCUT2D eigenvalue weighted by Crippen LogP contribution is -2.26. The van der Waals surface area contributed by atoms with Crippen LogP contribution < -0.4 is 5.73 Å². The summed E-state index contributed by atoms with van der Waals surface area (Å²) in [5.74, 6) is -0.530. The number of hydrogen-bond acceptors (Lipinski definition) is 4. The van der Waals surface area contributed by atoms with Crippen molar-refractivity contribution in [2.24, 2.45) is 10.9 Å². The second kappa shape index (κ2) is 3.03. The predicted molar refractivity (Wildman–Crippen MR) is 34.7 cm³/mol. The van der Waals surface area contributed by atoms with Crippen LogP contribution in [0.2, 0.25) is 0 Å². The highest BCUT2D eigenvalue weighted by Gasteiger charge is 2.06. The molecule has 0 saturated carbocycles. The molecule has 0 bridgehead atoms. The second-order valence-corrected chi connectivity index (χ2v) is 1.55. The van der Waals surface area contributed by atoms with Crippen molar-refractivity contribution in [3.8, 4) is 0 Å². The van der Waals surface area contributed by atoms with Gasteiger partial charge in [0.15, 0.2) is 10.9 Å². The van der Waals surface area contributed by atoms with Gasteiger partial charge in [-0.2, -0.15) is 0 Å². The van der Waals surface area contributed by atoms with Crippen molar-refractivity contribution in [3.05, 3.63) is 0 Å². The number of rotatable bonds is 2. The van der Waals surface area contributed by atoms with Gasteiger partial charge in [-0.05, 0) is 0 Å². The van der Waals surface area contributed by atoms with E-state index in [2.05, 4.69) is 5.16 Å². The van der Waals surface area contributed by atoms with Gasteiger partial charge in [-0.1, -0.05) is 16.8 Å². The van der Waals surface area contributed by atoms with Crippen LogP contribution in [0.15, 0.2) is 5.16 Å². The molecule has 0 heterocycles. The third-order valence-corrected chi connectivity index (χ3v) is 0.742. The summed E-state index contributed by atoms with van der Waals surface area (Å²) in [5.41, 5.74) is 4.40. The van der Waals surface area contributed by atoms with E-state index in [0.717, 1.165) is 0 Å². The molecule has 5 N–H and O–H groups in total. The molecule has 0 spiro atoms. The Morgan fingerprint density at radius 1 is 1.56 bits per heavy atom. The molecule has 0 aliphatic carbocycles. The molecule has 0 unspecified atom stereocenters. The van der Waals surface area contributed by atoms with E-state index in [9.17, 15) is 0 Å². The van der Waals surface area contributed by atoms with E-state index in [-0.39, 0.29) is 0 Å². The van der Waals surface area contributed by atoms with Crippen LogP contribution in [0.25, 0.3) is 0 Å². The van der Waals surface area contributed by atoms with E-state index >= 15 is 0 Å². The topological polar surface area (TPSA) is 106 Å². The van der Waals surface area contributed by atoms with Gasteiger partial charge in [0.25, 0.3) is 0 Å². The molecular weight excluding hydrogens is 144 g/mol. The highest BCUT2D eigenvalue weighted by Crippen LogP contribution is 1.85. The van der Waals surface area contributed by atoms with Crippen molar-refractivity contribution in [3.63, 3.8) is 0 Å². The Kier molecular flexibility index (Phi) is 2.66. The van der Waals surface area contributed by atoms with Gasteiger partial charge in [0, 0.05) is 0 Å². The van der Waals surface area contributed by atoms with Crippen molar-refractivity contribution >= 4 is 28.3 Å². The number of amidine groups is 1. The van der Waals surface area contributed by atoms with Crippen LogP contribution in [0, 0.1) is 10.8 Å². The van der Waals surface area contributed by atoms with Crippen LogP contribution in [-0.2, 0) is 0 Å². The largest absolute Gasteiger partial charge is 0.410 e. The maximum Gasteiger partial charge on any atom is 0.180 e. The molecule has 9 heavy (non-hydrogen) atoms. The number of halogens is 1. The van der Waals surface area contributed by atoms with Crippen LogP contribution in [0.5, 0.6) is 0 Å². The summed E-state index contributed by atoms with van der Waals surface area (Å²) in [5, 5.41) is 23.2. The summed E-state index contributed by atoms with van der Waals surface area (Å²) in [6, 6.07) is 0. The van der Waals surface area contributed by atoms with Crippen molar-refractivity contribution in [1.29, 1.82) is 10.8 Å². The van der Waals surface area contributed by atoms with E-state index in [1.807, 2.05) is 0 Å². The lowest BCUT2D eigenvalue weighted by atomic mass is 10.4. The van der Waals surface area contributed by atoms with E-state index in [0.29, 0.717) is 0 Å². The second-order valence-electron chi connectivity index (χ2n) is 1.18. The molecule has 0 atom stereocenters. The summed E-state index contributed by atoms with van der Waals surface area (Å²) in [6.07, 6.45) is 0. The maximum absolute atomic E-state index is 8.01. The predicted octanol–water partition coefficient (Wildman–Crippen LogP) is -0.0314. The Balaban J connectivity index is 4.38. The fourth-order valence-corrected chi connectivity index (χ4v) is 0.356. The standard InChI is InChI=1S/C3H5ClN4O/c4-2(5)1(8-9)3(6)7/h5,9H,(H3,6,7)/b5-2?,8-1-. The Bertz CT molecular complexity index is 159. The van der Waals surface area contributed by atoms with Crippen LogP contribution in [0.4, 0.5) is 0 Å². The van der Waals surface area contributed by atoms with Gasteiger partial charge in [0.1, 0.15) is 5.84 Å². The highest BCUT2D eigenvalue weighted by atomic mass is 35.5. The van der Waals surface area contributed by atoms with Gasteiger partial charge in [-0.3, -0.25) is 10.8 Å². The molecule has 0 rings (SSSR count). The third-order valence-electron chi connectivity index (χ3n) is 0.563. The molecule has 0 amide bonds. The molecule has 0 fully saturated rings. The van der Waals surface area contributed by atoms with Crippen LogP contribution in [-0.4, -0.2) is 21.9 Å². The molecule has 6 heteroatoms. The monoisotopic (exact) mass is 148 g/mol. The van der Waals surface area contributed by atoms with Gasteiger partial charge >= 0.3 is 0 Å². The summed E-state index contributed by atoms with van der Waals surface area (Å²) < 4.78 is 0. The van der Waals surface area contributed by atoms with E-state index in [1.165, 1.54) is 0 Å². The first-order chi connectivity index (χ1) is 4.09. The van der Waals surface area contributed by atoms with E-state index in [1.54, 1.807) is 0 Å². The summed E-state index contributed by atoms with van der Waals surface area (Å²) in [7, 11) is 0. The van der Waals surface area contributed by atoms with Crippen molar-refractivity contribution in [2.75, 3.05) is 0 Å². The van der Waals surface area contributed by atoms with Gasteiger partial charge < -0.3 is 10.9 Å². The van der Waals surface area contributed by atoms with E-state index in [4.69, 9.17) is 33.4 Å². The summed E-state index contributed by atoms with van der Waals surface area (Å²) in [4.78, 5) is 0. The Morgan fingerprint density at radius 3 is 2.00 bits per heavy atom. The molecule has 50 valence electrons. The van der Waals surface area contributed by atoms with Crippen LogP contribution >= 0.6 is 11.6 Å². The molecule has 0 saturated heterocycles. The Morgan fingerprint density at radius 2 is 2.00 bits per heavy atom. The van der Waals surface area contributed by atoms with Crippen molar-refractivity contribution in [1.82, 2.24) is 0 Å². The SMILES string of the molecule is N=C(N)/C(=N\O)C(=N)Cl. The number of nitrogens with two attached hydrogens (primary N) is 1. The van der Waals surface area contributed by atoms with E-state index < -0.39 is 16.7 Å². The number of oxime groups is 1. The average Bonchev–Trinajstić information content (AvgIpc) is 1.64. The minimum Gasteiger partial charge on any atom is -0.410 e. The molecule has 0 radical (unpaired) electrons. The molecule has 5 nitrogen and oxygen atoms in total. The summed E-state index contributed by atoms with van der Waals surface area (Å²) >= 11 is 5.01. The maximum atomic E-state index is 8.01. The van der Waals surface area contributed by atoms with Gasteiger partial charge in [-0.15, -0.1) is 0 Å². The number of nitrogens with zero attached hydrogens (tertiary/aromatic N) is 1. The third kappa shape index (κ3) is 2.09. The van der Waals surface area contributed by atoms with Crippen molar-refractivity contribution in [2.45, 2.75) is 0 Å². The minimum absolute atomic E-state index is 0.420. The molecular formula is C3H5ClN4O. The first-order valence-corrected chi connectivity index (χ1v) is 2.28. The normalized spacial score (nSPS) is 11.0. The average molecular weight is 149 g/mol. The highest BCUT2D eigenvalue weighted by molar-refractivity contribution is 6.91. The van der Waals surface area contributed by atoms with Crippen molar-refractivity contribution < 1.29 is 5.21 Å². The molecule has 0 aromatic carbocycles. The first-order valence-electron chi connectivity index (χ1n) is 1.90. The summed E-state index contributed by atoms with van der Waals surface area (Å²) in [6.45, 7) is 0. The number of hydrogen-bond donors (Lipinski definition) is 4. The molecule has 0 aliphatic rings. The molecule has 0 aromatic heterocycles. The smallest absolute Gasteiger partial charge is 0.180 e. The first kappa shape index (κ1) is 7.90. The lowest BCUT2D eigenvalue weighted by Gasteiger charge is -1.93. The molecule has 0 aromatic rings. The van der Waals surface area contributed by atoms with Crippen LogP contribution in [0.3, 0.4) is 0 Å². The van der Waals surface area contributed by atoms with Gasteiger partial charge in [0.2, 0.25) is 0 Å².